The van der Waals surface area contributed by atoms with Crippen molar-refractivity contribution in [1.29, 1.82) is 0 Å². The lowest BCUT2D eigenvalue weighted by atomic mass is 10.3. The zero-order chi connectivity index (χ0) is 16.5. The Morgan fingerprint density at radius 3 is 2.57 bits per heavy atom. The van der Waals surface area contributed by atoms with Crippen molar-refractivity contribution in [3.05, 3.63) is 60.4 Å². The summed E-state index contributed by atoms with van der Waals surface area (Å²) in [6.07, 6.45) is 1.73. The van der Waals surface area contributed by atoms with E-state index in [-0.39, 0.29) is 18.4 Å². The molecule has 0 aliphatic carbocycles. The standard InChI is InChI=1S/C17H19N3O2S/c1-20(11-16(21)19-14-7-3-2-4-8-14)17(22)13-23-12-15-9-5-6-10-18-15/h2-10H,11-13H2,1H3,(H,19,21). The highest BCUT2D eigenvalue weighted by molar-refractivity contribution is 7.99. The summed E-state index contributed by atoms with van der Waals surface area (Å²) in [7, 11) is 1.63. The van der Waals surface area contributed by atoms with Crippen LogP contribution in [0.5, 0.6) is 0 Å². The predicted molar refractivity (Wildman–Crippen MR) is 93.1 cm³/mol. The van der Waals surface area contributed by atoms with E-state index >= 15 is 0 Å². The Kier molecular flexibility index (Phi) is 6.62. The highest BCUT2D eigenvalue weighted by Gasteiger charge is 2.13. The van der Waals surface area contributed by atoms with E-state index in [9.17, 15) is 9.59 Å². The van der Waals surface area contributed by atoms with Gasteiger partial charge in [0.05, 0.1) is 18.0 Å². The molecule has 0 bridgehead atoms. The van der Waals surface area contributed by atoms with Gasteiger partial charge >= 0.3 is 0 Å². The Morgan fingerprint density at radius 2 is 1.87 bits per heavy atom. The topological polar surface area (TPSA) is 62.3 Å². The number of likely N-dealkylation sites (N-methyl/N-ethyl adjacent to an activating group) is 1. The number of carbonyl (C=O) groups excluding carboxylic acids is 2. The number of nitrogens with one attached hydrogen (secondary N) is 1. The molecule has 2 rings (SSSR count). The highest BCUT2D eigenvalue weighted by Crippen LogP contribution is 2.10. The van der Waals surface area contributed by atoms with Crippen molar-refractivity contribution in [2.24, 2.45) is 0 Å². The molecular formula is C17H19N3O2S. The van der Waals surface area contributed by atoms with E-state index < -0.39 is 0 Å². The number of para-hydroxylation sites is 1. The van der Waals surface area contributed by atoms with Crippen LogP contribution in [-0.4, -0.2) is 41.0 Å². The van der Waals surface area contributed by atoms with E-state index in [2.05, 4.69) is 10.3 Å². The maximum Gasteiger partial charge on any atom is 0.243 e. The minimum absolute atomic E-state index is 0.0396. The molecule has 0 fully saturated rings. The maximum atomic E-state index is 12.0. The van der Waals surface area contributed by atoms with E-state index in [1.807, 2.05) is 48.5 Å². The van der Waals surface area contributed by atoms with Crippen LogP contribution in [0.25, 0.3) is 0 Å². The van der Waals surface area contributed by atoms with Crippen molar-refractivity contribution in [1.82, 2.24) is 9.88 Å². The van der Waals surface area contributed by atoms with E-state index in [1.165, 1.54) is 16.7 Å². The van der Waals surface area contributed by atoms with Crippen molar-refractivity contribution >= 4 is 29.3 Å². The SMILES string of the molecule is CN(CC(=O)Nc1ccccc1)C(=O)CSCc1ccccn1. The molecule has 0 unspecified atom stereocenters. The van der Waals surface area contributed by atoms with E-state index in [4.69, 9.17) is 0 Å². The summed E-state index contributed by atoms with van der Waals surface area (Å²) in [6, 6.07) is 14.9. The lowest BCUT2D eigenvalue weighted by Gasteiger charge is -2.16. The summed E-state index contributed by atoms with van der Waals surface area (Å²) in [5, 5.41) is 2.76. The van der Waals surface area contributed by atoms with Crippen molar-refractivity contribution in [2.45, 2.75) is 5.75 Å². The van der Waals surface area contributed by atoms with Crippen molar-refractivity contribution in [3.8, 4) is 0 Å². The molecule has 6 heteroatoms. The van der Waals surface area contributed by atoms with E-state index in [1.54, 1.807) is 13.2 Å². The molecule has 1 aromatic heterocycles. The Bertz CT molecular complexity index is 635. The van der Waals surface area contributed by atoms with E-state index in [0.717, 1.165) is 11.4 Å². The zero-order valence-corrected chi connectivity index (χ0v) is 13.8. The molecule has 0 spiro atoms. The van der Waals surface area contributed by atoms with Crippen LogP contribution in [0.15, 0.2) is 54.7 Å². The molecule has 0 atom stereocenters. The normalized spacial score (nSPS) is 10.1. The van der Waals surface area contributed by atoms with Gasteiger partial charge in [-0.2, -0.15) is 0 Å². The Morgan fingerprint density at radius 1 is 1.13 bits per heavy atom. The Labute approximate surface area is 140 Å². The van der Waals surface area contributed by atoms with Crippen molar-refractivity contribution in [3.63, 3.8) is 0 Å². The van der Waals surface area contributed by atoms with Crippen LogP contribution in [0, 0.1) is 0 Å². The average Bonchev–Trinajstić information content (AvgIpc) is 2.56. The highest BCUT2D eigenvalue weighted by atomic mass is 32.2. The summed E-state index contributed by atoms with van der Waals surface area (Å²) >= 11 is 1.49. The number of carbonyl (C=O) groups is 2. The molecule has 0 aliphatic heterocycles. The third-order valence-electron chi connectivity index (χ3n) is 3.07. The van der Waals surface area contributed by atoms with Gasteiger partial charge in [0.25, 0.3) is 0 Å². The van der Waals surface area contributed by atoms with Gasteiger partial charge in [0, 0.05) is 24.7 Å². The number of thioether (sulfide) groups is 1. The van der Waals surface area contributed by atoms with Gasteiger partial charge in [0.1, 0.15) is 0 Å². The number of anilines is 1. The molecule has 1 N–H and O–H groups in total. The summed E-state index contributed by atoms with van der Waals surface area (Å²) in [5.41, 5.74) is 1.66. The van der Waals surface area contributed by atoms with Gasteiger partial charge in [-0.25, -0.2) is 0 Å². The Balaban J connectivity index is 1.71. The third-order valence-corrected chi connectivity index (χ3v) is 4.02. The van der Waals surface area contributed by atoms with Crippen LogP contribution in [0.1, 0.15) is 5.69 Å². The first kappa shape index (κ1) is 17.0. The van der Waals surface area contributed by atoms with Crippen LogP contribution >= 0.6 is 11.8 Å². The molecule has 1 heterocycles. The molecule has 2 aromatic rings. The van der Waals surface area contributed by atoms with Crippen LogP contribution in [-0.2, 0) is 15.3 Å². The fourth-order valence-electron chi connectivity index (χ4n) is 1.86. The molecule has 0 saturated heterocycles. The van der Waals surface area contributed by atoms with Crippen molar-refractivity contribution < 1.29 is 9.59 Å². The molecule has 0 aliphatic rings. The van der Waals surface area contributed by atoms with Crippen molar-refractivity contribution in [2.75, 3.05) is 24.7 Å². The second-order valence-corrected chi connectivity index (χ2v) is 5.96. The summed E-state index contributed by atoms with van der Waals surface area (Å²) < 4.78 is 0. The van der Waals surface area contributed by atoms with Gasteiger partial charge in [-0.3, -0.25) is 14.6 Å². The fourth-order valence-corrected chi connectivity index (χ4v) is 2.74. The fraction of sp³-hybridized carbons (Fsp3) is 0.235. The van der Waals surface area contributed by atoms with E-state index in [0.29, 0.717) is 11.5 Å². The molecule has 1 aromatic carbocycles. The molecule has 23 heavy (non-hydrogen) atoms. The Hall–Kier alpha value is -2.34. The minimum Gasteiger partial charge on any atom is -0.336 e. The minimum atomic E-state index is -0.207. The second-order valence-electron chi connectivity index (χ2n) is 4.98. The van der Waals surface area contributed by atoms with Crippen LogP contribution in [0.4, 0.5) is 5.69 Å². The maximum absolute atomic E-state index is 12.0. The number of nitrogens with zero attached hydrogens (tertiary/aromatic N) is 2. The number of benzene rings is 1. The molecule has 0 radical (unpaired) electrons. The monoisotopic (exact) mass is 329 g/mol. The second kappa shape index (κ2) is 8.95. The number of pyridine rings is 1. The first-order valence-corrected chi connectivity index (χ1v) is 8.37. The van der Waals surface area contributed by atoms with Gasteiger partial charge in [-0.1, -0.05) is 24.3 Å². The van der Waals surface area contributed by atoms with Gasteiger partial charge in [0.15, 0.2) is 0 Å². The van der Waals surface area contributed by atoms with Gasteiger partial charge < -0.3 is 10.2 Å². The first-order chi connectivity index (χ1) is 11.1. The summed E-state index contributed by atoms with van der Waals surface area (Å²) in [6.45, 7) is 0.0396. The van der Waals surface area contributed by atoms with Gasteiger partial charge in [0.2, 0.25) is 11.8 Å². The number of hydrogen-bond donors (Lipinski definition) is 1. The van der Waals surface area contributed by atoms with Crippen LogP contribution in [0.3, 0.4) is 0 Å². The smallest absolute Gasteiger partial charge is 0.243 e. The average molecular weight is 329 g/mol. The van der Waals surface area contributed by atoms with Gasteiger partial charge in [-0.05, 0) is 24.3 Å². The lowest BCUT2D eigenvalue weighted by Crippen LogP contribution is -2.35. The first-order valence-electron chi connectivity index (χ1n) is 7.21. The number of hydrogen-bond acceptors (Lipinski definition) is 4. The zero-order valence-electron chi connectivity index (χ0n) is 12.9. The summed E-state index contributed by atoms with van der Waals surface area (Å²) in [4.78, 5) is 29.6. The number of aromatic nitrogens is 1. The molecule has 2 amide bonds. The number of amides is 2. The lowest BCUT2D eigenvalue weighted by molar-refractivity contribution is -0.131. The molecule has 5 nitrogen and oxygen atoms in total. The molecular weight excluding hydrogens is 310 g/mol. The van der Waals surface area contributed by atoms with Crippen LogP contribution < -0.4 is 5.32 Å². The largest absolute Gasteiger partial charge is 0.336 e. The molecule has 0 saturated carbocycles. The third kappa shape index (κ3) is 6.12. The number of rotatable bonds is 7. The predicted octanol–water partition coefficient (Wildman–Crippen LogP) is 2.41. The quantitative estimate of drug-likeness (QED) is 0.847. The molecule has 120 valence electrons. The van der Waals surface area contributed by atoms with Gasteiger partial charge in [-0.15, -0.1) is 11.8 Å². The van der Waals surface area contributed by atoms with Crippen LogP contribution in [0.2, 0.25) is 0 Å². The summed E-state index contributed by atoms with van der Waals surface area (Å²) in [5.74, 6) is 0.721.